The summed E-state index contributed by atoms with van der Waals surface area (Å²) in [7, 11) is -3.87. The SMILES string of the molecule is CCOC(=O)c1[nH]c(C)c(S(=O)(=O)N2CCCC2c2nc(-c3ccccc3)n[nH]2)c1C. The van der Waals surface area contributed by atoms with Gasteiger partial charge in [-0.3, -0.25) is 5.10 Å². The van der Waals surface area contributed by atoms with Crippen molar-refractivity contribution in [2.45, 2.75) is 44.6 Å². The van der Waals surface area contributed by atoms with Gasteiger partial charge in [-0.25, -0.2) is 18.2 Å². The van der Waals surface area contributed by atoms with Gasteiger partial charge in [0.05, 0.1) is 12.6 Å². The maximum atomic E-state index is 13.6. The first-order valence-electron chi connectivity index (χ1n) is 10.2. The molecule has 9 nitrogen and oxygen atoms in total. The Labute approximate surface area is 180 Å². The summed E-state index contributed by atoms with van der Waals surface area (Å²) in [5, 5.41) is 7.20. The van der Waals surface area contributed by atoms with Crippen LogP contribution in [0.3, 0.4) is 0 Å². The quantitative estimate of drug-likeness (QED) is 0.565. The largest absolute Gasteiger partial charge is 0.461 e. The minimum Gasteiger partial charge on any atom is -0.461 e. The Balaban J connectivity index is 1.68. The van der Waals surface area contributed by atoms with E-state index in [9.17, 15) is 13.2 Å². The van der Waals surface area contributed by atoms with Gasteiger partial charge in [0.1, 0.15) is 16.4 Å². The number of hydrogen-bond donors (Lipinski definition) is 2. The van der Waals surface area contributed by atoms with Crippen LogP contribution < -0.4 is 0 Å². The molecule has 0 aliphatic carbocycles. The summed E-state index contributed by atoms with van der Waals surface area (Å²) in [6.45, 7) is 5.55. The van der Waals surface area contributed by atoms with Crippen LogP contribution in [0.2, 0.25) is 0 Å². The number of carbonyl (C=O) groups excluding carboxylic acids is 1. The van der Waals surface area contributed by atoms with E-state index >= 15 is 0 Å². The fourth-order valence-corrected chi connectivity index (χ4v) is 6.16. The highest BCUT2D eigenvalue weighted by Gasteiger charge is 2.40. The number of benzene rings is 1. The summed E-state index contributed by atoms with van der Waals surface area (Å²) in [5.74, 6) is 0.472. The Morgan fingerprint density at radius 1 is 1.26 bits per heavy atom. The van der Waals surface area contributed by atoms with Crippen LogP contribution >= 0.6 is 0 Å². The Bertz CT molecular complexity index is 1200. The van der Waals surface area contributed by atoms with Crippen LogP contribution in [0.4, 0.5) is 0 Å². The number of hydrogen-bond acceptors (Lipinski definition) is 6. The number of rotatable bonds is 6. The van der Waals surface area contributed by atoms with Crippen molar-refractivity contribution >= 4 is 16.0 Å². The van der Waals surface area contributed by atoms with E-state index in [2.05, 4.69) is 20.2 Å². The first-order valence-corrected chi connectivity index (χ1v) is 11.6. The Hall–Kier alpha value is -2.98. The van der Waals surface area contributed by atoms with Gasteiger partial charge in [-0.05, 0) is 33.6 Å². The first-order chi connectivity index (χ1) is 14.8. The summed E-state index contributed by atoms with van der Waals surface area (Å²) in [5.41, 5.74) is 1.80. The molecule has 0 spiro atoms. The minimum absolute atomic E-state index is 0.116. The highest BCUT2D eigenvalue weighted by Crippen LogP contribution is 2.38. The molecule has 0 amide bonds. The van der Waals surface area contributed by atoms with Crippen molar-refractivity contribution in [1.82, 2.24) is 24.5 Å². The molecule has 31 heavy (non-hydrogen) atoms. The van der Waals surface area contributed by atoms with E-state index in [0.717, 1.165) is 5.56 Å². The third-order valence-electron chi connectivity index (χ3n) is 5.47. The van der Waals surface area contributed by atoms with Gasteiger partial charge in [0.2, 0.25) is 10.0 Å². The second-order valence-corrected chi connectivity index (χ2v) is 9.31. The predicted octanol–water partition coefficient (Wildman–Crippen LogP) is 3.12. The van der Waals surface area contributed by atoms with Gasteiger partial charge < -0.3 is 9.72 Å². The molecule has 3 aromatic rings. The lowest BCUT2D eigenvalue weighted by Crippen LogP contribution is -2.32. The average Bonchev–Trinajstić information content (AvgIpc) is 3.47. The number of ether oxygens (including phenoxy) is 1. The number of nitrogens with one attached hydrogen (secondary N) is 2. The Morgan fingerprint density at radius 3 is 2.71 bits per heavy atom. The average molecular weight is 444 g/mol. The fourth-order valence-electron chi connectivity index (χ4n) is 4.09. The number of nitrogens with zero attached hydrogens (tertiary/aromatic N) is 3. The highest BCUT2D eigenvalue weighted by molar-refractivity contribution is 7.89. The van der Waals surface area contributed by atoms with Crippen molar-refractivity contribution in [2.75, 3.05) is 13.2 Å². The number of aryl methyl sites for hydroxylation is 1. The van der Waals surface area contributed by atoms with Crippen LogP contribution in [0.5, 0.6) is 0 Å². The lowest BCUT2D eigenvalue weighted by Gasteiger charge is -2.22. The van der Waals surface area contributed by atoms with Gasteiger partial charge in [-0.1, -0.05) is 30.3 Å². The van der Waals surface area contributed by atoms with Gasteiger partial charge in [-0.15, -0.1) is 0 Å². The highest BCUT2D eigenvalue weighted by atomic mass is 32.2. The smallest absolute Gasteiger partial charge is 0.355 e. The van der Waals surface area contributed by atoms with Gasteiger partial charge in [-0.2, -0.15) is 9.40 Å². The zero-order chi connectivity index (χ0) is 22.2. The summed E-state index contributed by atoms with van der Waals surface area (Å²) in [6, 6.07) is 9.06. The van der Waals surface area contributed by atoms with Crippen LogP contribution in [-0.4, -0.2) is 52.0 Å². The van der Waals surface area contributed by atoms with E-state index in [0.29, 0.717) is 42.3 Å². The monoisotopic (exact) mass is 443 g/mol. The van der Waals surface area contributed by atoms with Crippen LogP contribution in [0.15, 0.2) is 35.2 Å². The summed E-state index contributed by atoms with van der Waals surface area (Å²) in [6.07, 6.45) is 1.34. The molecule has 1 unspecified atom stereocenters. The number of aromatic nitrogens is 4. The molecule has 164 valence electrons. The normalized spacial score (nSPS) is 17.2. The molecule has 1 saturated heterocycles. The standard InChI is InChI=1S/C21H25N5O4S/c1-4-30-21(27)17-13(2)18(14(3)22-17)31(28,29)26-12-8-11-16(26)20-23-19(24-25-20)15-9-6-5-7-10-15/h5-7,9-10,16,22H,4,8,11-12H2,1-3H3,(H,23,24,25). The second-order valence-electron chi connectivity index (χ2n) is 7.48. The third-order valence-corrected chi connectivity index (χ3v) is 7.65. The maximum absolute atomic E-state index is 13.6. The summed E-state index contributed by atoms with van der Waals surface area (Å²) >= 11 is 0. The van der Waals surface area contributed by atoms with E-state index in [4.69, 9.17) is 4.74 Å². The zero-order valence-corrected chi connectivity index (χ0v) is 18.5. The van der Waals surface area contributed by atoms with Crippen LogP contribution in [0.1, 0.15) is 53.4 Å². The van der Waals surface area contributed by atoms with Gasteiger partial charge in [0.15, 0.2) is 5.82 Å². The molecule has 1 aliphatic rings. The van der Waals surface area contributed by atoms with Crippen molar-refractivity contribution in [2.24, 2.45) is 0 Å². The van der Waals surface area contributed by atoms with Crippen LogP contribution in [0, 0.1) is 13.8 Å². The van der Waals surface area contributed by atoms with Crippen molar-refractivity contribution in [3.8, 4) is 11.4 Å². The van der Waals surface area contributed by atoms with E-state index in [1.807, 2.05) is 30.3 Å². The number of sulfonamides is 1. The van der Waals surface area contributed by atoms with Crippen LogP contribution in [-0.2, 0) is 14.8 Å². The second kappa shape index (κ2) is 8.27. The number of H-pyrrole nitrogens is 2. The van der Waals surface area contributed by atoms with Crippen molar-refractivity contribution in [3.63, 3.8) is 0 Å². The number of esters is 1. The maximum Gasteiger partial charge on any atom is 0.355 e. The molecule has 0 saturated carbocycles. The predicted molar refractivity (Wildman–Crippen MR) is 114 cm³/mol. The fraction of sp³-hybridized carbons (Fsp3) is 0.381. The topological polar surface area (TPSA) is 121 Å². The zero-order valence-electron chi connectivity index (χ0n) is 17.7. The molecule has 2 aromatic heterocycles. The van der Waals surface area contributed by atoms with E-state index < -0.39 is 22.0 Å². The van der Waals surface area contributed by atoms with Gasteiger partial charge >= 0.3 is 5.97 Å². The lowest BCUT2D eigenvalue weighted by atomic mass is 10.2. The summed E-state index contributed by atoms with van der Waals surface area (Å²) < 4.78 is 33.7. The number of carbonyl (C=O) groups is 1. The molecule has 1 atom stereocenters. The summed E-state index contributed by atoms with van der Waals surface area (Å²) in [4.78, 5) is 19.8. The molecular formula is C21H25N5O4S. The lowest BCUT2D eigenvalue weighted by molar-refractivity contribution is 0.0519. The molecule has 1 aliphatic heterocycles. The molecule has 3 heterocycles. The Kier molecular flexibility index (Phi) is 5.67. The third kappa shape index (κ3) is 3.77. The molecule has 4 rings (SSSR count). The molecule has 0 bridgehead atoms. The molecule has 1 aromatic carbocycles. The van der Waals surface area contributed by atoms with Crippen molar-refractivity contribution in [3.05, 3.63) is 53.1 Å². The van der Waals surface area contributed by atoms with Crippen LogP contribution in [0.25, 0.3) is 11.4 Å². The first kappa shape index (κ1) is 21.3. The molecule has 0 radical (unpaired) electrons. The molecule has 10 heteroatoms. The minimum atomic E-state index is -3.87. The van der Waals surface area contributed by atoms with Gasteiger partial charge in [0, 0.05) is 23.4 Å². The van der Waals surface area contributed by atoms with E-state index in [1.54, 1.807) is 20.8 Å². The molecule has 1 fully saturated rings. The van der Waals surface area contributed by atoms with Gasteiger partial charge in [0.25, 0.3) is 0 Å². The van der Waals surface area contributed by atoms with Crippen molar-refractivity contribution < 1.29 is 17.9 Å². The number of aromatic amines is 2. The molecular weight excluding hydrogens is 418 g/mol. The molecule has 2 N–H and O–H groups in total. The Morgan fingerprint density at radius 2 is 2.00 bits per heavy atom. The van der Waals surface area contributed by atoms with E-state index in [1.165, 1.54) is 4.31 Å². The van der Waals surface area contributed by atoms with E-state index in [-0.39, 0.29) is 17.2 Å². The van der Waals surface area contributed by atoms with Crippen molar-refractivity contribution in [1.29, 1.82) is 0 Å².